The van der Waals surface area contributed by atoms with Gasteiger partial charge < -0.3 is 37.4 Å². The number of carboxylic acid groups (broad SMARTS) is 1. The number of carboxylic acids is 1. The second kappa shape index (κ2) is 27.9. The third-order valence-electron chi connectivity index (χ3n) is 11.8. The zero-order chi connectivity index (χ0) is 64.9. The second-order valence-corrected chi connectivity index (χ2v) is 27.2. The summed E-state index contributed by atoms with van der Waals surface area (Å²) in [5.74, 6) is -11.6. The Morgan fingerprint density at radius 2 is 1.02 bits per heavy atom. The van der Waals surface area contributed by atoms with Crippen LogP contribution in [0.25, 0.3) is 0 Å². The third kappa shape index (κ3) is 17.1. The fraction of sp³-hybridized carbons (Fsp3) is 0.565. The number of aryl methyl sites for hydroxylation is 2. The Kier molecular flexibility index (Phi) is 23.6. The van der Waals surface area contributed by atoms with Crippen LogP contribution in [-0.4, -0.2) is 149 Å². The minimum atomic E-state index is -6.23. The molecule has 2 amide bonds. The summed E-state index contributed by atoms with van der Waals surface area (Å²) in [5, 5.41) is 17.8. The van der Waals surface area contributed by atoms with Gasteiger partial charge in [0.2, 0.25) is 18.6 Å². The second-order valence-electron chi connectivity index (χ2n) is 19.9. The Morgan fingerprint density at radius 3 is 1.33 bits per heavy atom. The van der Waals surface area contributed by atoms with Gasteiger partial charge in [-0.2, -0.15) is 43.2 Å². The van der Waals surface area contributed by atoms with Crippen LogP contribution in [0.15, 0.2) is 33.2 Å². The smallest absolute Gasteiger partial charge is 0.476 e. The molecule has 0 spiro atoms. The lowest BCUT2D eigenvalue weighted by atomic mass is 9.77. The molecule has 2 fully saturated rings. The number of nitrogens with zero attached hydrogens (tertiary/aromatic N) is 6. The minimum Gasteiger partial charge on any atom is -0.476 e. The predicted octanol–water partition coefficient (Wildman–Crippen LogP) is 7.37. The highest BCUT2D eigenvalue weighted by Crippen LogP contribution is 2.46. The fourth-order valence-corrected chi connectivity index (χ4v) is 11.4. The molecule has 4 aliphatic heterocycles. The number of ketones is 2. The van der Waals surface area contributed by atoms with E-state index < -0.39 is 157 Å². The molecule has 0 bridgehead atoms. The van der Waals surface area contributed by atoms with Crippen molar-refractivity contribution in [3.63, 3.8) is 0 Å². The number of Topliss-reactive ketones (excluding diaryl/α,β-unsaturated/α-hetero) is 2. The van der Waals surface area contributed by atoms with Crippen LogP contribution in [0.4, 0.5) is 26.3 Å². The van der Waals surface area contributed by atoms with Gasteiger partial charge in [-0.15, -0.1) is 22.7 Å². The summed E-state index contributed by atoms with van der Waals surface area (Å²) in [5.41, 5.74) is -15.4. The van der Waals surface area contributed by atoms with E-state index >= 15 is 0 Å². The van der Waals surface area contributed by atoms with Crippen LogP contribution in [0.5, 0.6) is 0 Å². The lowest BCUT2D eigenvalue weighted by Crippen LogP contribution is -2.63. The monoisotopic (exact) mass is 1450 g/mol. The van der Waals surface area contributed by atoms with Gasteiger partial charge in [0.25, 0.3) is 0 Å². The molecule has 6 heterocycles. The number of ether oxygens (including phenoxy) is 3. The van der Waals surface area contributed by atoms with E-state index in [4.69, 9.17) is 42.3 Å². The van der Waals surface area contributed by atoms with Crippen molar-refractivity contribution < 1.29 is 119 Å². The number of thiazole rings is 2. The predicted molar refractivity (Wildman–Crippen MR) is 292 cm³/mol. The van der Waals surface area contributed by atoms with E-state index in [1.165, 1.54) is 35.0 Å². The Labute approximate surface area is 511 Å². The maximum Gasteiger partial charge on any atom is 0.534 e. The number of alkyl halides is 7. The molecule has 6 rings (SSSR count). The van der Waals surface area contributed by atoms with Crippen LogP contribution >= 0.6 is 68.5 Å². The number of aromatic nitrogens is 2. The van der Waals surface area contributed by atoms with E-state index in [-0.39, 0.29) is 55.7 Å². The molecule has 4 aliphatic rings. The number of aliphatic carboxylic acids is 1. The van der Waals surface area contributed by atoms with E-state index in [0.717, 1.165) is 22.7 Å². The van der Waals surface area contributed by atoms with Gasteiger partial charge in [0.05, 0.1) is 32.7 Å². The van der Waals surface area contributed by atoms with Crippen molar-refractivity contribution >= 4 is 147 Å². The van der Waals surface area contributed by atoms with Crippen LogP contribution < -0.4 is 0 Å². The van der Waals surface area contributed by atoms with Crippen molar-refractivity contribution in [1.82, 2.24) is 19.8 Å². The van der Waals surface area contributed by atoms with Crippen LogP contribution in [-0.2, 0) is 90.8 Å². The maximum atomic E-state index is 13.2. The van der Waals surface area contributed by atoms with Gasteiger partial charge in [-0.25, -0.2) is 19.6 Å². The number of rotatable bonds is 19. The lowest BCUT2D eigenvalue weighted by molar-refractivity contribution is -0.175. The quantitative estimate of drug-likeness (QED) is 0.0137. The highest BCUT2D eigenvalue weighted by Gasteiger charge is 2.58. The molecule has 472 valence electrons. The van der Waals surface area contributed by atoms with Crippen molar-refractivity contribution in [3.8, 4) is 0 Å². The lowest BCUT2D eigenvalue weighted by Gasteiger charge is -2.49. The molecule has 0 aromatic carbocycles. The van der Waals surface area contributed by atoms with Gasteiger partial charge >= 0.3 is 55.1 Å². The summed E-state index contributed by atoms with van der Waals surface area (Å²) in [6.07, 6.45) is -2.30. The number of esters is 3. The molecule has 0 saturated carbocycles. The van der Waals surface area contributed by atoms with Crippen LogP contribution in [0.3, 0.4) is 0 Å². The topological polar surface area (TPSA) is 347 Å². The average Bonchev–Trinajstić information content (AvgIpc) is 1.33. The SMILES string of the molecule is CC(C)(C)C(=O)OCI.CO/N=C(\C(=O)C[C@@H]1C(=O)N2C(C(=O)O)=C(OS(=O)(=O)C(F)(F)F)CC[C@H]12)c1nc(C)sc1Cl.CO/N=C(\C(=O)C[C@@H]1C(=O)N2C(C(=O)OCOC(=O)C(C)(C)C)=C(OS(=O)(=O)C(F)(F)F)CC[C@H]12)c1nc(C)sc1Cl. The molecule has 0 unspecified atom stereocenters. The highest BCUT2D eigenvalue weighted by molar-refractivity contribution is 14.1. The van der Waals surface area contributed by atoms with Gasteiger partial charge in [-0.05, 0) is 90.8 Å². The number of carbonyl (C=O) groups is 8. The number of β-lactam (4-membered cyclic amide) rings is 2. The fourth-order valence-electron chi connectivity index (χ4n) is 7.90. The highest BCUT2D eigenvalue weighted by atomic mass is 127. The molecule has 2 aromatic heterocycles. The third-order valence-corrected chi connectivity index (χ3v) is 16.4. The Balaban J connectivity index is 0.000000323. The van der Waals surface area contributed by atoms with E-state index in [9.17, 15) is 86.6 Å². The van der Waals surface area contributed by atoms with Gasteiger partial charge in [0.15, 0.2) is 45.9 Å². The Morgan fingerprint density at radius 1 is 0.659 bits per heavy atom. The van der Waals surface area contributed by atoms with Gasteiger partial charge in [-0.1, -0.05) is 33.5 Å². The first-order valence-electron chi connectivity index (χ1n) is 24.0. The number of hydrogen-bond acceptors (Lipinski definition) is 25. The standard InChI is InChI=1S/C23H25ClF3N3O10S2.C17H15ClF3N3O8S2.C6H11IO2/c1-10-28-16(18(24)41-10)15(29-37-5)13(31)8-11-12-6-7-14(40-42(35,36)23(25,26)27)17(30(12)19(11)32)20(33)38-9-39-21(34)22(2,3)4;1-6-22-12(14(18)33-6)11(23-31-2)9(25)5-7-8-3-4-10(32-34(29,30)17(19,20)21)13(16(27)28)24(8)15(7)26;1-6(2,3)5(8)9-4-7/h11-12H,6-9H2,1-5H3;7-8H,3-5H2,1-2H3,(H,27,28);4H2,1-3H3/b29-15+;23-11+;/t11-,12+;7-,8+;/m00./s1. The zero-order valence-corrected chi connectivity index (χ0v) is 52.8. The molecule has 2 saturated heterocycles. The summed E-state index contributed by atoms with van der Waals surface area (Å²) in [6, 6.07) is -1.82. The molecule has 0 radical (unpaired) electrons. The van der Waals surface area contributed by atoms with Crippen molar-refractivity contribution in [2.75, 3.05) is 25.6 Å². The summed E-state index contributed by atoms with van der Waals surface area (Å²) in [4.78, 5) is 118. The van der Waals surface area contributed by atoms with Crippen LogP contribution in [0.1, 0.15) is 101 Å². The molecule has 26 nitrogen and oxygen atoms in total. The first kappa shape index (κ1) is 71.7. The van der Waals surface area contributed by atoms with Crippen molar-refractivity contribution in [3.05, 3.63) is 53.0 Å². The van der Waals surface area contributed by atoms with Gasteiger partial charge in [0.1, 0.15) is 38.9 Å². The Bertz CT molecular complexity index is 3350. The van der Waals surface area contributed by atoms with Crippen molar-refractivity contribution in [1.29, 1.82) is 0 Å². The van der Waals surface area contributed by atoms with Gasteiger partial charge in [-0.3, -0.25) is 38.6 Å². The molecule has 85 heavy (non-hydrogen) atoms. The number of fused-ring (bicyclic) bond motifs is 2. The number of oxime groups is 2. The number of allylic oxidation sites excluding steroid dienone is 2. The summed E-state index contributed by atoms with van der Waals surface area (Å²) < 4.78 is 146. The molecule has 39 heteroatoms. The molecule has 0 aliphatic carbocycles. The van der Waals surface area contributed by atoms with E-state index in [2.05, 4.69) is 33.5 Å². The molecule has 1 N–H and O–H groups in total. The first-order chi connectivity index (χ1) is 39.0. The van der Waals surface area contributed by atoms with Crippen molar-refractivity contribution in [2.45, 2.75) is 117 Å². The van der Waals surface area contributed by atoms with Crippen molar-refractivity contribution in [2.24, 2.45) is 33.0 Å². The first-order valence-corrected chi connectivity index (χ1v) is 30.7. The molecule has 2 aromatic rings. The number of carbonyl (C=O) groups excluding carboxylic acids is 7. The van der Waals surface area contributed by atoms with Gasteiger partial charge in [0, 0.05) is 37.8 Å². The van der Waals surface area contributed by atoms with E-state index in [1.807, 2.05) is 43.4 Å². The largest absolute Gasteiger partial charge is 0.534 e. The van der Waals surface area contributed by atoms with Crippen LogP contribution in [0.2, 0.25) is 8.67 Å². The molecular formula is C46H51Cl2F6IN6O20S4. The summed E-state index contributed by atoms with van der Waals surface area (Å²) in [6.45, 7) is 12.3. The summed E-state index contributed by atoms with van der Waals surface area (Å²) >= 11 is 16.4. The number of amides is 2. The van der Waals surface area contributed by atoms with Crippen LogP contribution in [0, 0.1) is 36.5 Å². The molecule has 4 atom stereocenters. The zero-order valence-electron chi connectivity index (χ0n) is 45.9. The van der Waals surface area contributed by atoms with E-state index in [1.54, 1.807) is 13.8 Å². The van der Waals surface area contributed by atoms with E-state index in [0.29, 0.717) is 24.4 Å². The maximum absolute atomic E-state index is 13.2. The normalized spacial score (nSPS) is 19.3. The molecular weight excluding hydrogens is 1400 g/mol. The summed E-state index contributed by atoms with van der Waals surface area (Å²) in [7, 11) is -10.0. The number of hydrogen-bond donors (Lipinski definition) is 1. The Hall–Kier alpha value is -5.77. The number of halogens is 9. The average molecular weight is 1450 g/mol. The minimum absolute atomic E-state index is 0.0281.